The quantitative estimate of drug-likeness (QED) is 0.596. The van der Waals surface area contributed by atoms with Gasteiger partial charge in [0, 0.05) is 19.0 Å². The maximum Gasteiger partial charge on any atom is 0.191 e. The van der Waals surface area contributed by atoms with Crippen LogP contribution in [-0.2, 0) is 4.74 Å². The van der Waals surface area contributed by atoms with Crippen LogP contribution in [0.4, 0.5) is 4.39 Å². The van der Waals surface area contributed by atoms with Gasteiger partial charge in [0.1, 0.15) is 6.10 Å². The van der Waals surface area contributed by atoms with Gasteiger partial charge < -0.3 is 20.1 Å². The van der Waals surface area contributed by atoms with Crippen LogP contribution in [0.15, 0.2) is 29.3 Å². The van der Waals surface area contributed by atoms with Gasteiger partial charge in [-0.05, 0) is 18.6 Å². The van der Waals surface area contributed by atoms with Gasteiger partial charge in [0.15, 0.2) is 17.5 Å². The minimum Gasteiger partial charge on any atom is -0.486 e. The second-order valence-corrected chi connectivity index (χ2v) is 6.19. The third kappa shape index (κ3) is 5.10. The van der Waals surface area contributed by atoms with Crippen LogP contribution < -0.4 is 15.4 Å². The van der Waals surface area contributed by atoms with Gasteiger partial charge in [-0.2, -0.15) is 0 Å². The molecule has 0 saturated carbocycles. The Morgan fingerprint density at radius 1 is 1.39 bits per heavy atom. The molecule has 2 N–H and O–H groups in total. The van der Waals surface area contributed by atoms with Gasteiger partial charge in [0.2, 0.25) is 0 Å². The molecule has 0 aliphatic carbocycles. The van der Waals surface area contributed by atoms with Crippen molar-refractivity contribution in [3.63, 3.8) is 0 Å². The fourth-order valence-electron chi connectivity index (χ4n) is 2.27. The number of nitrogens with one attached hydrogen (secondary N) is 2. The standard InChI is InChI=1S/C17H26FN3O2/c1-4-13(23-15-8-6-5-7-14(15)18)9-20-16(19-3)21-10-17(2)11-22-12-17/h5-8,13H,4,9-12H2,1-3H3,(H2,19,20,21). The SMILES string of the molecule is CCC(CNC(=NC)NCC1(C)COC1)Oc1ccccc1F. The summed E-state index contributed by atoms with van der Waals surface area (Å²) in [6, 6.07) is 6.46. The third-order valence-electron chi connectivity index (χ3n) is 3.89. The third-order valence-corrected chi connectivity index (χ3v) is 3.89. The predicted octanol–water partition coefficient (Wildman–Crippen LogP) is 2.18. The minimum atomic E-state index is -0.341. The van der Waals surface area contributed by atoms with E-state index in [1.807, 2.05) is 6.92 Å². The number of benzene rings is 1. The number of hydrogen-bond acceptors (Lipinski definition) is 3. The summed E-state index contributed by atoms with van der Waals surface area (Å²) in [7, 11) is 1.73. The highest BCUT2D eigenvalue weighted by Crippen LogP contribution is 2.24. The largest absolute Gasteiger partial charge is 0.486 e. The molecule has 0 amide bonds. The molecular weight excluding hydrogens is 297 g/mol. The minimum absolute atomic E-state index is 0.131. The van der Waals surface area contributed by atoms with Gasteiger partial charge >= 0.3 is 0 Å². The van der Waals surface area contributed by atoms with Crippen molar-refractivity contribution in [3.8, 4) is 5.75 Å². The lowest BCUT2D eigenvalue weighted by Crippen LogP contribution is -2.51. The molecule has 128 valence electrons. The van der Waals surface area contributed by atoms with Crippen LogP contribution in [0.2, 0.25) is 0 Å². The van der Waals surface area contributed by atoms with Crippen LogP contribution >= 0.6 is 0 Å². The molecule has 23 heavy (non-hydrogen) atoms. The molecule has 1 aliphatic heterocycles. The van der Waals surface area contributed by atoms with E-state index in [9.17, 15) is 4.39 Å². The molecule has 6 heteroatoms. The summed E-state index contributed by atoms with van der Waals surface area (Å²) in [4.78, 5) is 4.20. The van der Waals surface area contributed by atoms with Crippen molar-refractivity contribution in [2.75, 3.05) is 33.4 Å². The lowest BCUT2D eigenvalue weighted by Gasteiger charge is -2.38. The van der Waals surface area contributed by atoms with E-state index in [-0.39, 0.29) is 23.1 Å². The van der Waals surface area contributed by atoms with Crippen LogP contribution in [-0.4, -0.2) is 45.4 Å². The fraction of sp³-hybridized carbons (Fsp3) is 0.588. The van der Waals surface area contributed by atoms with E-state index in [0.29, 0.717) is 12.5 Å². The Bertz CT molecular complexity index is 532. The molecule has 0 spiro atoms. The van der Waals surface area contributed by atoms with E-state index < -0.39 is 0 Å². The van der Waals surface area contributed by atoms with Gasteiger partial charge in [-0.15, -0.1) is 0 Å². The Balaban J connectivity index is 1.80. The number of guanidine groups is 1. The average Bonchev–Trinajstić information content (AvgIpc) is 2.53. The van der Waals surface area contributed by atoms with Crippen LogP contribution in [0, 0.1) is 11.2 Å². The van der Waals surface area contributed by atoms with E-state index >= 15 is 0 Å². The molecular formula is C17H26FN3O2. The maximum absolute atomic E-state index is 13.7. The van der Waals surface area contributed by atoms with E-state index in [2.05, 4.69) is 22.5 Å². The lowest BCUT2D eigenvalue weighted by atomic mass is 9.89. The molecule has 1 aromatic carbocycles. The van der Waals surface area contributed by atoms with E-state index in [4.69, 9.17) is 9.47 Å². The van der Waals surface area contributed by atoms with Gasteiger partial charge in [-0.25, -0.2) is 4.39 Å². The Kier molecular flexibility index (Phi) is 6.21. The van der Waals surface area contributed by atoms with Crippen molar-refractivity contribution >= 4 is 5.96 Å². The average molecular weight is 323 g/mol. The zero-order chi connectivity index (χ0) is 16.7. The predicted molar refractivity (Wildman–Crippen MR) is 89.4 cm³/mol. The molecule has 1 aromatic rings. The molecule has 0 aromatic heterocycles. The van der Waals surface area contributed by atoms with Crippen molar-refractivity contribution < 1.29 is 13.9 Å². The first-order valence-corrected chi connectivity index (χ1v) is 8.00. The van der Waals surface area contributed by atoms with Crippen LogP contribution in [0.3, 0.4) is 0 Å². The van der Waals surface area contributed by atoms with Gasteiger partial charge in [0.25, 0.3) is 0 Å². The molecule has 5 nitrogen and oxygen atoms in total. The monoisotopic (exact) mass is 323 g/mol. The summed E-state index contributed by atoms with van der Waals surface area (Å²) in [6.45, 7) is 7.08. The Labute approximate surface area is 137 Å². The normalized spacial score (nSPS) is 18.0. The summed E-state index contributed by atoms with van der Waals surface area (Å²) < 4.78 is 24.6. The number of rotatable bonds is 7. The summed E-state index contributed by atoms with van der Waals surface area (Å²) in [5.41, 5.74) is 0.172. The highest BCUT2D eigenvalue weighted by atomic mass is 19.1. The molecule has 1 heterocycles. The molecule has 1 saturated heterocycles. The van der Waals surface area contributed by atoms with Crippen molar-refractivity contribution in [2.24, 2.45) is 10.4 Å². The molecule has 1 unspecified atom stereocenters. The first kappa shape index (κ1) is 17.5. The number of aliphatic imine (C=N–C) groups is 1. The highest BCUT2D eigenvalue weighted by molar-refractivity contribution is 5.79. The zero-order valence-corrected chi connectivity index (χ0v) is 14.1. The summed E-state index contributed by atoms with van der Waals surface area (Å²) >= 11 is 0. The molecule has 2 rings (SSSR count). The molecule has 1 aliphatic rings. The number of hydrogen-bond donors (Lipinski definition) is 2. The molecule has 0 bridgehead atoms. The zero-order valence-electron chi connectivity index (χ0n) is 14.1. The second-order valence-electron chi connectivity index (χ2n) is 6.19. The Hall–Kier alpha value is -1.82. The Morgan fingerprint density at radius 3 is 2.70 bits per heavy atom. The Morgan fingerprint density at radius 2 is 2.13 bits per heavy atom. The van der Waals surface area contributed by atoms with E-state index in [1.165, 1.54) is 6.07 Å². The highest BCUT2D eigenvalue weighted by Gasteiger charge is 2.33. The first-order chi connectivity index (χ1) is 11.1. The van der Waals surface area contributed by atoms with E-state index in [1.54, 1.807) is 25.2 Å². The molecule has 1 fully saturated rings. The number of para-hydroxylation sites is 1. The van der Waals surface area contributed by atoms with Crippen molar-refractivity contribution in [1.82, 2.24) is 10.6 Å². The van der Waals surface area contributed by atoms with Gasteiger partial charge in [-0.3, -0.25) is 4.99 Å². The van der Waals surface area contributed by atoms with E-state index in [0.717, 1.165) is 26.2 Å². The summed E-state index contributed by atoms with van der Waals surface area (Å²) in [5.74, 6) is 0.656. The fourth-order valence-corrected chi connectivity index (χ4v) is 2.27. The van der Waals surface area contributed by atoms with Crippen LogP contribution in [0.1, 0.15) is 20.3 Å². The number of nitrogens with zero attached hydrogens (tertiary/aromatic N) is 1. The first-order valence-electron chi connectivity index (χ1n) is 8.00. The van der Waals surface area contributed by atoms with Gasteiger partial charge in [-0.1, -0.05) is 26.0 Å². The van der Waals surface area contributed by atoms with Crippen molar-refractivity contribution in [1.29, 1.82) is 0 Å². The van der Waals surface area contributed by atoms with Crippen molar-refractivity contribution in [3.05, 3.63) is 30.1 Å². The topological polar surface area (TPSA) is 54.9 Å². The molecule has 0 radical (unpaired) electrons. The summed E-state index contributed by atoms with van der Waals surface area (Å²) in [5, 5.41) is 6.53. The van der Waals surface area contributed by atoms with Crippen LogP contribution in [0.5, 0.6) is 5.75 Å². The molecule has 1 atom stereocenters. The maximum atomic E-state index is 13.7. The van der Waals surface area contributed by atoms with Crippen molar-refractivity contribution in [2.45, 2.75) is 26.4 Å². The summed E-state index contributed by atoms with van der Waals surface area (Å²) in [6.07, 6.45) is 0.636. The number of halogens is 1. The second kappa shape index (κ2) is 8.15. The lowest BCUT2D eigenvalue weighted by molar-refractivity contribution is -0.0971. The smallest absolute Gasteiger partial charge is 0.191 e. The van der Waals surface area contributed by atoms with Gasteiger partial charge in [0.05, 0.1) is 19.8 Å². The number of ether oxygens (including phenoxy) is 2. The van der Waals surface area contributed by atoms with Crippen LogP contribution in [0.25, 0.3) is 0 Å².